The minimum Gasteiger partial charge on any atom is -0.381 e. The third kappa shape index (κ3) is 4.57. The van der Waals surface area contributed by atoms with E-state index in [2.05, 4.69) is 37.9 Å². The maximum absolute atomic E-state index is 5.47. The van der Waals surface area contributed by atoms with E-state index in [-0.39, 0.29) is 0 Å². The van der Waals surface area contributed by atoms with Crippen molar-refractivity contribution in [2.75, 3.05) is 20.2 Å². The highest BCUT2D eigenvalue weighted by atomic mass is 16.5. The largest absolute Gasteiger partial charge is 0.381 e. The molecule has 17 heavy (non-hydrogen) atoms. The van der Waals surface area contributed by atoms with Gasteiger partial charge in [0.15, 0.2) is 0 Å². The third-order valence-corrected chi connectivity index (χ3v) is 4.03. The highest BCUT2D eigenvalue weighted by Gasteiger charge is 2.28. The maximum atomic E-state index is 5.47. The van der Waals surface area contributed by atoms with Crippen LogP contribution in [0, 0.1) is 0 Å². The quantitative estimate of drug-likeness (QED) is 0.773. The Morgan fingerprint density at radius 2 is 2.12 bits per heavy atom. The van der Waals surface area contributed by atoms with Gasteiger partial charge >= 0.3 is 0 Å². The molecule has 0 amide bonds. The van der Waals surface area contributed by atoms with Gasteiger partial charge < -0.3 is 10.1 Å². The van der Waals surface area contributed by atoms with Crippen molar-refractivity contribution in [3.63, 3.8) is 0 Å². The van der Waals surface area contributed by atoms with E-state index in [1.165, 1.54) is 25.8 Å². The zero-order valence-corrected chi connectivity index (χ0v) is 12.2. The summed E-state index contributed by atoms with van der Waals surface area (Å²) in [6.07, 6.45) is 4.06. The van der Waals surface area contributed by atoms with E-state index >= 15 is 0 Å². The first kappa shape index (κ1) is 14.9. The van der Waals surface area contributed by atoms with Gasteiger partial charge in [0.25, 0.3) is 0 Å². The van der Waals surface area contributed by atoms with Crippen molar-refractivity contribution in [1.29, 1.82) is 0 Å². The molecule has 0 aliphatic carbocycles. The molecule has 102 valence electrons. The average molecular weight is 242 g/mol. The Labute approximate surface area is 107 Å². The van der Waals surface area contributed by atoms with Gasteiger partial charge in [0.05, 0.1) is 6.10 Å². The SMILES string of the molecule is CCNC(C)CC(C)N1CCC(OC)CC1C. The lowest BCUT2D eigenvalue weighted by Gasteiger charge is -2.41. The molecule has 4 unspecified atom stereocenters. The van der Waals surface area contributed by atoms with Gasteiger partial charge in [-0.15, -0.1) is 0 Å². The van der Waals surface area contributed by atoms with Gasteiger partial charge in [0, 0.05) is 31.8 Å². The predicted octanol–water partition coefficient (Wildman–Crippen LogP) is 2.26. The summed E-state index contributed by atoms with van der Waals surface area (Å²) in [5, 5.41) is 3.50. The van der Waals surface area contributed by atoms with E-state index in [9.17, 15) is 0 Å². The van der Waals surface area contributed by atoms with Crippen LogP contribution in [-0.2, 0) is 4.74 Å². The van der Waals surface area contributed by atoms with Crippen molar-refractivity contribution in [1.82, 2.24) is 10.2 Å². The molecule has 0 aromatic heterocycles. The second kappa shape index (κ2) is 7.34. The van der Waals surface area contributed by atoms with Crippen molar-refractivity contribution in [2.24, 2.45) is 0 Å². The first-order valence-electron chi connectivity index (χ1n) is 7.10. The van der Waals surface area contributed by atoms with Crippen molar-refractivity contribution < 1.29 is 4.74 Å². The Hall–Kier alpha value is -0.120. The van der Waals surface area contributed by atoms with E-state index in [0.29, 0.717) is 24.2 Å². The topological polar surface area (TPSA) is 24.5 Å². The van der Waals surface area contributed by atoms with Gasteiger partial charge in [-0.3, -0.25) is 4.90 Å². The number of methoxy groups -OCH3 is 1. The highest BCUT2D eigenvalue weighted by molar-refractivity contribution is 4.84. The maximum Gasteiger partial charge on any atom is 0.0598 e. The molecule has 0 bridgehead atoms. The second-order valence-electron chi connectivity index (χ2n) is 5.51. The van der Waals surface area contributed by atoms with Crippen molar-refractivity contribution in [3.8, 4) is 0 Å². The van der Waals surface area contributed by atoms with Gasteiger partial charge in [-0.25, -0.2) is 0 Å². The molecule has 0 aromatic rings. The molecule has 1 fully saturated rings. The first-order chi connectivity index (χ1) is 8.08. The normalized spacial score (nSPS) is 30.2. The fourth-order valence-electron chi connectivity index (χ4n) is 3.09. The summed E-state index contributed by atoms with van der Waals surface area (Å²) in [5.41, 5.74) is 0. The smallest absolute Gasteiger partial charge is 0.0598 e. The van der Waals surface area contributed by atoms with E-state index in [1.807, 2.05) is 7.11 Å². The monoisotopic (exact) mass is 242 g/mol. The van der Waals surface area contributed by atoms with Crippen LogP contribution in [0.25, 0.3) is 0 Å². The van der Waals surface area contributed by atoms with Crippen LogP contribution in [0.1, 0.15) is 47.0 Å². The molecule has 1 aliphatic heterocycles. The summed E-state index contributed by atoms with van der Waals surface area (Å²) in [6, 6.07) is 1.93. The predicted molar refractivity (Wildman–Crippen MR) is 73.4 cm³/mol. The Morgan fingerprint density at radius 3 is 2.65 bits per heavy atom. The number of likely N-dealkylation sites (tertiary alicyclic amines) is 1. The van der Waals surface area contributed by atoms with Gasteiger partial charge in [0.1, 0.15) is 0 Å². The number of hydrogen-bond acceptors (Lipinski definition) is 3. The summed E-state index contributed by atoms with van der Waals surface area (Å²) >= 11 is 0. The van der Waals surface area contributed by atoms with Crippen LogP contribution in [0.4, 0.5) is 0 Å². The second-order valence-corrected chi connectivity index (χ2v) is 5.51. The highest BCUT2D eigenvalue weighted by Crippen LogP contribution is 2.23. The third-order valence-electron chi connectivity index (χ3n) is 4.03. The standard InChI is InChI=1S/C14H30N2O/c1-6-15-11(2)9-12(3)16-8-7-14(17-5)10-13(16)4/h11-15H,6-10H2,1-5H3. The molecule has 1 heterocycles. The average Bonchev–Trinajstić information content (AvgIpc) is 2.28. The van der Waals surface area contributed by atoms with Gasteiger partial charge in [-0.2, -0.15) is 0 Å². The molecule has 1 aliphatic rings. The lowest BCUT2D eigenvalue weighted by atomic mass is 9.97. The Bertz CT molecular complexity index is 210. The lowest BCUT2D eigenvalue weighted by Crippen LogP contribution is -2.49. The van der Waals surface area contributed by atoms with Crippen LogP contribution in [0.3, 0.4) is 0 Å². The zero-order valence-electron chi connectivity index (χ0n) is 12.2. The molecule has 1 saturated heterocycles. The van der Waals surface area contributed by atoms with Gasteiger partial charge in [0.2, 0.25) is 0 Å². The van der Waals surface area contributed by atoms with E-state index in [4.69, 9.17) is 4.74 Å². The summed E-state index contributed by atoms with van der Waals surface area (Å²) in [4.78, 5) is 2.64. The molecule has 1 rings (SSSR count). The van der Waals surface area contributed by atoms with Crippen molar-refractivity contribution in [3.05, 3.63) is 0 Å². The molecule has 3 heteroatoms. The fourth-order valence-corrected chi connectivity index (χ4v) is 3.09. The number of hydrogen-bond donors (Lipinski definition) is 1. The van der Waals surface area contributed by atoms with Gasteiger partial charge in [-0.1, -0.05) is 6.92 Å². The summed E-state index contributed by atoms with van der Waals surface area (Å²) in [7, 11) is 1.84. The number of ether oxygens (including phenoxy) is 1. The molecular weight excluding hydrogens is 212 g/mol. The van der Waals surface area contributed by atoms with Crippen LogP contribution in [0.15, 0.2) is 0 Å². The van der Waals surface area contributed by atoms with Crippen molar-refractivity contribution >= 4 is 0 Å². The van der Waals surface area contributed by atoms with E-state index in [0.717, 1.165) is 6.54 Å². The lowest BCUT2D eigenvalue weighted by molar-refractivity contribution is -0.000829. The first-order valence-corrected chi connectivity index (χ1v) is 7.10. The summed E-state index contributed by atoms with van der Waals surface area (Å²) in [5.74, 6) is 0. The van der Waals surface area contributed by atoms with Crippen LogP contribution in [0.2, 0.25) is 0 Å². The molecular formula is C14H30N2O. The molecule has 0 aromatic carbocycles. The van der Waals surface area contributed by atoms with Crippen LogP contribution >= 0.6 is 0 Å². The molecule has 3 nitrogen and oxygen atoms in total. The van der Waals surface area contributed by atoms with Crippen molar-refractivity contribution in [2.45, 2.75) is 71.2 Å². The summed E-state index contributed by atoms with van der Waals surface area (Å²) < 4.78 is 5.47. The minimum absolute atomic E-state index is 0.472. The fraction of sp³-hybridized carbons (Fsp3) is 1.00. The minimum atomic E-state index is 0.472. The molecule has 4 atom stereocenters. The van der Waals surface area contributed by atoms with Gasteiger partial charge in [-0.05, 0) is 46.6 Å². The molecule has 0 saturated carbocycles. The van der Waals surface area contributed by atoms with Crippen LogP contribution in [-0.4, -0.2) is 49.3 Å². The van der Waals surface area contributed by atoms with E-state index < -0.39 is 0 Å². The number of rotatable bonds is 6. The van der Waals surface area contributed by atoms with E-state index in [1.54, 1.807) is 0 Å². The molecule has 0 spiro atoms. The molecule has 0 radical (unpaired) electrons. The number of piperidine rings is 1. The van der Waals surface area contributed by atoms with Crippen LogP contribution < -0.4 is 5.32 Å². The Kier molecular flexibility index (Phi) is 6.45. The molecule has 1 N–H and O–H groups in total. The number of nitrogens with one attached hydrogen (secondary N) is 1. The Balaban J connectivity index is 2.39. The zero-order chi connectivity index (χ0) is 12.8. The number of nitrogens with zero attached hydrogens (tertiary/aromatic N) is 1. The summed E-state index contributed by atoms with van der Waals surface area (Å²) in [6.45, 7) is 11.4. The van der Waals surface area contributed by atoms with Crippen LogP contribution in [0.5, 0.6) is 0 Å². The Morgan fingerprint density at radius 1 is 1.41 bits per heavy atom.